The first kappa shape index (κ1) is 19.8. The minimum Gasteiger partial charge on any atom is -0.495 e. The molecule has 1 saturated heterocycles. The van der Waals surface area contributed by atoms with Crippen LogP contribution < -0.4 is 15.8 Å². The number of fused-ring (bicyclic) bond motifs is 2. The normalized spacial score (nSPS) is 15.4. The lowest BCUT2D eigenvalue weighted by molar-refractivity contribution is -0.120. The smallest absolute Gasteiger partial charge is 0.221 e. The number of carbonyl (C=O) groups is 1. The maximum Gasteiger partial charge on any atom is 0.221 e. The van der Waals surface area contributed by atoms with Gasteiger partial charge in [-0.25, -0.2) is 9.50 Å². The van der Waals surface area contributed by atoms with E-state index in [1.807, 2.05) is 4.52 Å². The summed E-state index contributed by atoms with van der Waals surface area (Å²) < 4.78 is 8.60. The summed E-state index contributed by atoms with van der Waals surface area (Å²) >= 11 is 1.68. The minimum absolute atomic E-state index is 0.101. The van der Waals surface area contributed by atoms with E-state index in [1.54, 1.807) is 18.4 Å². The zero-order valence-corrected chi connectivity index (χ0v) is 18.3. The molecular weight excluding hydrogens is 412 g/mol. The highest BCUT2D eigenvalue weighted by Crippen LogP contribution is 2.42. The van der Waals surface area contributed by atoms with E-state index in [4.69, 9.17) is 10.5 Å². The van der Waals surface area contributed by atoms with E-state index in [-0.39, 0.29) is 5.91 Å². The number of hydrogen-bond acceptors (Lipinski definition) is 7. The van der Waals surface area contributed by atoms with Crippen molar-refractivity contribution < 1.29 is 9.53 Å². The van der Waals surface area contributed by atoms with Crippen molar-refractivity contribution >= 4 is 38.7 Å². The first-order valence-corrected chi connectivity index (χ1v) is 11.0. The number of benzene rings is 1. The van der Waals surface area contributed by atoms with Crippen molar-refractivity contribution in [1.82, 2.24) is 24.8 Å². The highest BCUT2D eigenvalue weighted by molar-refractivity contribution is 7.22. The van der Waals surface area contributed by atoms with Gasteiger partial charge in [0.05, 0.1) is 17.5 Å². The first-order chi connectivity index (χ1) is 15.0. The highest BCUT2D eigenvalue weighted by atomic mass is 32.1. The van der Waals surface area contributed by atoms with Crippen molar-refractivity contribution in [2.75, 3.05) is 32.5 Å². The number of anilines is 1. The second kappa shape index (κ2) is 7.82. The molecule has 4 heterocycles. The number of amides is 1. The summed E-state index contributed by atoms with van der Waals surface area (Å²) in [6, 6.07) is 8.54. The van der Waals surface area contributed by atoms with Gasteiger partial charge in [-0.2, -0.15) is 5.10 Å². The summed E-state index contributed by atoms with van der Waals surface area (Å²) in [6.45, 7) is 4.92. The second-order valence-electron chi connectivity index (χ2n) is 7.83. The van der Waals surface area contributed by atoms with Crippen LogP contribution in [0.5, 0.6) is 5.75 Å². The molecule has 9 heteroatoms. The van der Waals surface area contributed by atoms with E-state index in [2.05, 4.69) is 51.5 Å². The van der Waals surface area contributed by atoms with Crippen molar-refractivity contribution in [2.45, 2.75) is 19.9 Å². The molecule has 1 aromatic carbocycles. The van der Waals surface area contributed by atoms with E-state index in [1.165, 1.54) is 6.33 Å². The van der Waals surface area contributed by atoms with E-state index >= 15 is 0 Å². The molecule has 0 unspecified atom stereocenters. The van der Waals surface area contributed by atoms with Crippen LogP contribution in [0.15, 0.2) is 30.6 Å². The quantitative estimate of drug-likeness (QED) is 0.511. The number of carbonyl (C=O) groups excluding carboxylic acids is 1. The van der Waals surface area contributed by atoms with Crippen molar-refractivity contribution in [1.29, 1.82) is 0 Å². The molecular formula is C22H24N6O2S. The number of nitrogens with two attached hydrogens (primary N) is 1. The number of rotatable bonds is 4. The van der Waals surface area contributed by atoms with Gasteiger partial charge >= 0.3 is 0 Å². The molecule has 1 fully saturated rings. The number of nitrogen functional groups attached to an aromatic ring is 1. The Morgan fingerprint density at radius 3 is 2.97 bits per heavy atom. The molecule has 8 nitrogen and oxygen atoms in total. The van der Waals surface area contributed by atoms with Crippen LogP contribution in [0, 0.1) is 6.92 Å². The number of methoxy groups -OCH3 is 1. The fourth-order valence-electron chi connectivity index (χ4n) is 4.18. The Kier molecular flexibility index (Phi) is 4.99. The fraction of sp³-hybridized carbons (Fsp3) is 0.318. The summed E-state index contributed by atoms with van der Waals surface area (Å²) in [7, 11) is 1.70. The molecule has 0 saturated carbocycles. The van der Waals surface area contributed by atoms with Gasteiger partial charge in [0.15, 0.2) is 5.82 Å². The molecule has 1 amide bonds. The molecule has 0 radical (unpaired) electrons. The lowest BCUT2D eigenvalue weighted by Crippen LogP contribution is -2.28. The maximum absolute atomic E-state index is 11.7. The van der Waals surface area contributed by atoms with Gasteiger partial charge in [-0.05, 0) is 36.1 Å². The summed E-state index contributed by atoms with van der Waals surface area (Å²) in [5, 5.41) is 8.56. The Hall–Kier alpha value is -3.17. The van der Waals surface area contributed by atoms with Gasteiger partial charge in [-0.3, -0.25) is 9.69 Å². The average Bonchev–Trinajstić information content (AvgIpc) is 3.26. The fourth-order valence-corrected chi connectivity index (χ4v) is 5.33. The standard InChI is InChI=1S/C22H24N6O2S/c1-13-7-14-9-18(31-21(14)17(8-13)30-2)16-10-15(28-20(16)22(23)25-12-26-28)11-27-5-3-19(29)24-4-6-27/h7-10,12H,3-6,11H2,1-2H3,(H,24,29)(H2,23,25,26). The highest BCUT2D eigenvalue weighted by Gasteiger charge is 2.21. The van der Waals surface area contributed by atoms with Gasteiger partial charge in [-0.1, -0.05) is 6.07 Å². The zero-order chi connectivity index (χ0) is 21.5. The summed E-state index contributed by atoms with van der Waals surface area (Å²) in [5.41, 5.74) is 10.3. The number of ether oxygens (including phenoxy) is 1. The zero-order valence-electron chi connectivity index (χ0n) is 17.5. The third kappa shape index (κ3) is 3.60. The van der Waals surface area contributed by atoms with Crippen LogP contribution in [0.25, 0.3) is 26.0 Å². The molecule has 4 aromatic rings. The van der Waals surface area contributed by atoms with Crippen molar-refractivity contribution in [3.63, 3.8) is 0 Å². The Labute approximate surface area is 183 Å². The SMILES string of the molecule is COc1cc(C)cc2cc(-c3cc(CN4CCNC(=O)CC4)n4ncnc(N)c34)sc12. The molecule has 5 rings (SSSR count). The van der Waals surface area contributed by atoms with Crippen LogP contribution in [0.4, 0.5) is 5.82 Å². The molecule has 3 N–H and O–H groups in total. The Morgan fingerprint density at radius 1 is 1.26 bits per heavy atom. The van der Waals surface area contributed by atoms with Gasteiger partial charge in [0.2, 0.25) is 5.91 Å². The molecule has 0 bridgehead atoms. The van der Waals surface area contributed by atoms with Crippen LogP contribution in [-0.2, 0) is 11.3 Å². The molecule has 3 aromatic heterocycles. The van der Waals surface area contributed by atoms with Crippen LogP contribution in [0.3, 0.4) is 0 Å². The molecule has 160 valence electrons. The average molecular weight is 437 g/mol. The van der Waals surface area contributed by atoms with Gasteiger partial charge in [-0.15, -0.1) is 11.3 Å². The molecule has 0 aliphatic carbocycles. The molecule has 0 atom stereocenters. The summed E-state index contributed by atoms with van der Waals surface area (Å²) in [5.74, 6) is 1.43. The number of nitrogens with zero attached hydrogens (tertiary/aromatic N) is 4. The minimum atomic E-state index is 0.101. The van der Waals surface area contributed by atoms with E-state index < -0.39 is 0 Å². The lowest BCUT2D eigenvalue weighted by Gasteiger charge is -2.18. The molecule has 31 heavy (non-hydrogen) atoms. The third-order valence-electron chi connectivity index (χ3n) is 5.66. The predicted octanol–water partition coefficient (Wildman–Crippen LogP) is 2.83. The van der Waals surface area contributed by atoms with Crippen molar-refractivity contribution in [3.05, 3.63) is 41.9 Å². The molecule has 0 spiro atoms. The van der Waals surface area contributed by atoms with Crippen LogP contribution >= 0.6 is 11.3 Å². The summed E-state index contributed by atoms with van der Waals surface area (Å²) in [4.78, 5) is 19.3. The first-order valence-electron chi connectivity index (χ1n) is 10.2. The number of nitrogens with one attached hydrogen (secondary N) is 1. The number of aromatic nitrogens is 3. The Morgan fingerprint density at radius 2 is 2.13 bits per heavy atom. The predicted molar refractivity (Wildman–Crippen MR) is 122 cm³/mol. The molecule has 1 aliphatic rings. The monoisotopic (exact) mass is 436 g/mol. The third-order valence-corrected chi connectivity index (χ3v) is 6.86. The topological polar surface area (TPSA) is 97.8 Å². The number of hydrogen-bond donors (Lipinski definition) is 2. The summed E-state index contributed by atoms with van der Waals surface area (Å²) in [6.07, 6.45) is 1.99. The number of thiophene rings is 1. The largest absolute Gasteiger partial charge is 0.495 e. The second-order valence-corrected chi connectivity index (χ2v) is 8.88. The Bertz CT molecular complexity index is 1290. The van der Waals surface area contributed by atoms with Crippen LogP contribution in [0.1, 0.15) is 17.7 Å². The lowest BCUT2D eigenvalue weighted by atomic mass is 10.1. The molecule has 1 aliphatic heterocycles. The maximum atomic E-state index is 11.7. The van der Waals surface area contributed by atoms with E-state index in [9.17, 15) is 4.79 Å². The van der Waals surface area contributed by atoms with Gasteiger partial charge in [0.1, 0.15) is 17.6 Å². The van der Waals surface area contributed by atoms with Gasteiger partial charge < -0.3 is 15.8 Å². The van der Waals surface area contributed by atoms with Crippen LogP contribution in [0.2, 0.25) is 0 Å². The van der Waals surface area contributed by atoms with Gasteiger partial charge in [0, 0.05) is 43.0 Å². The Balaban J connectivity index is 1.61. The van der Waals surface area contributed by atoms with Crippen molar-refractivity contribution in [2.24, 2.45) is 0 Å². The van der Waals surface area contributed by atoms with E-state index in [0.717, 1.165) is 49.6 Å². The van der Waals surface area contributed by atoms with Crippen LogP contribution in [-0.4, -0.2) is 52.1 Å². The number of aryl methyl sites for hydroxylation is 1. The van der Waals surface area contributed by atoms with E-state index in [0.29, 0.717) is 31.9 Å². The van der Waals surface area contributed by atoms with Crippen molar-refractivity contribution in [3.8, 4) is 16.2 Å². The van der Waals surface area contributed by atoms with Gasteiger partial charge in [0.25, 0.3) is 0 Å².